The molecule has 0 amide bonds. The molecule has 1 aromatic carbocycles. The Labute approximate surface area is 75.1 Å². The monoisotopic (exact) mass is 182 g/mol. The molecule has 0 radical (unpaired) electrons. The number of rotatable bonds is 2. The molecule has 1 unspecified atom stereocenters. The molecule has 0 aliphatic carbocycles. The van der Waals surface area contributed by atoms with Crippen molar-refractivity contribution in [1.29, 1.82) is 0 Å². The van der Waals surface area contributed by atoms with Crippen molar-refractivity contribution in [3.05, 3.63) is 23.8 Å². The van der Waals surface area contributed by atoms with Crippen LogP contribution in [-0.4, -0.2) is 21.3 Å². The number of hydrogen-bond donors (Lipinski definition) is 3. The Morgan fingerprint density at radius 3 is 2.15 bits per heavy atom. The summed E-state index contributed by atoms with van der Waals surface area (Å²) in [4.78, 5) is 10.6. The van der Waals surface area contributed by atoms with Gasteiger partial charge in [0.25, 0.3) is 0 Å². The Hall–Kier alpha value is -1.71. The summed E-state index contributed by atoms with van der Waals surface area (Å²) in [7, 11) is 0. The fraction of sp³-hybridized carbons (Fsp3) is 0.222. The minimum absolute atomic E-state index is 0.0509. The van der Waals surface area contributed by atoms with Gasteiger partial charge in [-0.15, -0.1) is 0 Å². The van der Waals surface area contributed by atoms with Crippen LogP contribution >= 0.6 is 0 Å². The average Bonchev–Trinajstić information content (AvgIpc) is 2.03. The Morgan fingerprint density at radius 1 is 1.31 bits per heavy atom. The van der Waals surface area contributed by atoms with E-state index in [9.17, 15) is 15.0 Å². The summed E-state index contributed by atoms with van der Waals surface area (Å²) in [5.74, 6) is -2.40. The predicted molar refractivity (Wildman–Crippen MR) is 45.8 cm³/mol. The third kappa shape index (κ3) is 1.72. The summed E-state index contributed by atoms with van der Waals surface area (Å²) in [5, 5.41) is 27.2. The van der Waals surface area contributed by atoms with E-state index < -0.39 is 11.9 Å². The van der Waals surface area contributed by atoms with Crippen molar-refractivity contribution < 1.29 is 20.1 Å². The van der Waals surface area contributed by atoms with Crippen LogP contribution in [0.4, 0.5) is 0 Å². The van der Waals surface area contributed by atoms with Crippen LogP contribution in [-0.2, 0) is 4.79 Å². The number of carboxylic acids is 1. The van der Waals surface area contributed by atoms with Crippen molar-refractivity contribution in [3.63, 3.8) is 0 Å². The van der Waals surface area contributed by atoms with Gasteiger partial charge in [-0.1, -0.05) is 6.07 Å². The van der Waals surface area contributed by atoms with Gasteiger partial charge in [0.15, 0.2) is 0 Å². The van der Waals surface area contributed by atoms with Crippen LogP contribution in [0.1, 0.15) is 18.4 Å². The van der Waals surface area contributed by atoms with Crippen LogP contribution in [0.25, 0.3) is 0 Å². The zero-order valence-electron chi connectivity index (χ0n) is 7.06. The molecule has 0 saturated heterocycles. The molecular formula is C9H10O4. The summed E-state index contributed by atoms with van der Waals surface area (Å²) >= 11 is 0. The quantitative estimate of drug-likeness (QED) is 0.643. The Bertz CT molecular complexity index is 312. The number of aliphatic carboxylic acids is 1. The van der Waals surface area contributed by atoms with Gasteiger partial charge in [0.2, 0.25) is 0 Å². The number of phenolic OH excluding ortho intramolecular Hbond substituents is 2. The van der Waals surface area contributed by atoms with E-state index in [1.807, 2.05) is 0 Å². The zero-order chi connectivity index (χ0) is 10.0. The SMILES string of the molecule is CC(C(=O)O)c1c(O)cccc1O. The first-order valence-corrected chi connectivity index (χ1v) is 3.77. The lowest BCUT2D eigenvalue weighted by molar-refractivity contribution is -0.138. The van der Waals surface area contributed by atoms with E-state index in [0.29, 0.717) is 0 Å². The fourth-order valence-electron chi connectivity index (χ4n) is 1.11. The highest BCUT2D eigenvalue weighted by atomic mass is 16.4. The molecule has 1 atom stereocenters. The maximum Gasteiger partial charge on any atom is 0.310 e. The number of carbonyl (C=O) groups is 1. The first kappa shape index (κ1) is 9.38. The summed E-state index contributed by atoms with van der Waals surface area (Å²) in [6.07, 6.45) is 0. The molecule has 1 aromatic rings. The number of phenols is 2. The van der Waals surface area contributed by atoms with E-state index >= 15 is 0 Å². The Balaban J connectivity index is 3.20. The molecule has 4 heteroatoms. The highest BCUT2D eigenvalue weighted by molar-refractivity contribution is 5.77. The Kier molecular flexibility index (Phi) is 2.41. The number of hydrogen-bond acceptors (Lipinski definition) is 3. The second kappa shape index (κ2) is 3.35. The first-order valence-electron chi connectivity index (χ1n) is 3.77. The maximum absolute atomic E-state index is 10.6. The topological polar surface area (TPSA) is 77.8 Å². The molecule has 0 bridgehead atoms. The number of aromatic hydroxyl groups is 2. The molecule has 0 aromatic heterocycles. The summed E-state index contributed by atoms with van der Waals surface area (Å²) in [6.45, 7) is 1.40. The van der Waals surface area contributed by atoms with Gasteiger partial charge in [-0.2, -0.15) is 0 Å². The van der Waals surface area contributed by atoms with E-state index in [1.54, 1.807) is 0 Å². The molecule has 70 valence electrons. The second-order valence-corrected chi connectivity index (χ2v) is 2.77. The molecule has 3 N–H and O–H groups in total. The third-order valence-corrected chi connectivity index (χ3v) is 1.86. The van der Waals surface area contributed by atoms with Crippen LogP contribution in [0.2, 0.25) is 0 Å². The molecule has 0 aliphatic heterocycles. The molecule has 0 fully saturated rings. The molecule has 0 saturated carbocycles. The van der Waals surface area contributed by atoms with Crippen molar-refractivity contribution in [3.8, 4) is 11.5 Å². The first-order chi connectivity index (χ1) is 6.04. The van der Waals surface area contributed by atoms with Gasteiger partial charge in [0, 0.05) is 5.56 Å². The van der Waals surface area contributed by atoms with Gasteiger partial charge in [-0.3, -0.25) is 4.79 Å². The van der Waals surface area contributed by atoms with Crippen LogP contribution in [0.3, 0.4) is 0 Å². The lowest BCUT2D eigenvalue weighted by Crippen LogP contribution is -2.07. The van der Waals surface area contributed by atoms with Crippen LogP contribution in [0.5, 0.6) is 11.5 Å². The molecule has 0 spiro atoms. The fourth-order valence-corrected chi connectivity index (χ4v) is 1.11. The highest BCUT2D eigenvalue weighted by Crippen LogP contribution is 2.33. The van der Waals surface area contributed by atoms with Gasteiger partial charge < -0.3 is 15.3 Å². The minimum Gasteiger partial charge on any atom is -0.508 e. The minimum atomic E-state index is -1.09. The van der Waals surface area contributed by atoms with E-state index in [4.69, 9.17) is 5.11 Å². The van der Waals surface area contributed by atoms with Gasteiger partial charge in [-0.05, 0) is 19.1 Å². The van der Waals surface area contributed by atoms with Gasteiger partial charge >= 0.3 is 5.97 Å². The number of carboxylic acid groups (broad SMARTS) is 1. The number of benzene rings is 1. The molecule has 4 nitrogen and oxygen atoms in total. The van der Waals surface area contributed by atoms with Crippen molar-refractivity contribution in [2.75, 3.05) is 0 Å². The normalized spacial score (nSPS) is 12.4. The van der Waals surface area contributed by atoms with Crippen LogP contribution in [0.15, 0.2) is 18.2 Å². The van der Waals surface area contributed by atoms with Gasteiger partial charge in [0.1, 0.15) is 11.5 Å². The van der Waals surface area contributed by atoms with Crippen LogP contribution < -0.4 is 0 Å². The molecule has 13 heavy (non-hydrogen) atoms. The average molecular weight is 182 g/mol. The highest BCUT2D eigenvalue weighted by Gasteiger charge is 2.20. The van der Waals surface area contributed by atoms with Crippen molar-refractivity contribution in [2.45, 2.75) is 12.8 Å². The molecule has 1 rings (SSSR count). The van der Waals surface area contributed by atoms with E-state index in [1.165, 1.54) is 25.1 Å². The van der Waals surface area contributed by atoms with Gasteiger partial charge in [-0.25, -0.2) is 0 Å². The summed E-state index contributed by atoms with van der Waals surface area (Å²) in [6, 6.07) is 4.13. The predicted octanol–water partition coefficient (Wildman–Crippen LogP) is 1.29. The molecular weight excluding hydrogens is 172 g/mol. The summed E-state index contributed by atoms with van der Waals surface area (Å²) in [5.41, 5.74) is 0.0509. The zero-order valence-corrected chi connectivity index (χ0v) is 7.06. The largest absolute Gasteiger partial charge is 0.508 e. The lowest BCUT2D eigenvalue weighted by Gasteiger charge is -2.10. The van der Waals surface area contributed by atoms with Crippen molar-refractivity contribution in [2.24, 2.45) is 0 Å². The van der Waals surface area contributed by atoms with E-state index in [0.717, 1.165) is 0 Å². The molecule has 0 aliphatic rings. The maximum atomic E-state index is 10.6. The molecule has 0 heterocycles. The second-order valence-electron chi connectivity index (χ2n) is 2.77. The summed E-state index contributed by atoms with van der Waals surface area (Å²) < 4.78 is 0. The van der Waals surface area contributed by atoms with Crippen molar-refractivity contribution >= 4 is 5.97 Å². The van der Waals surface area contributed by atoms with Gasteiger partial charge in [0.05, 0.1) is 5.92 Å². The standard InChI is InChI=1S/C9H10O4/c1-5(9(12)13)8-6(10)3-2-4-7(8)11/h2-5,10-11H,1H3,(H,12,13). The third-order valence-electron chi connectivity index (χ3n) is 1.86. The lowest BCUT2D eigenvalue weighted by atomic mass is 9.99. The smallest absolute Gasteiger partial charge is 0.310 e. The van der Waals surface area contributed by atoms with E-state index in [2.05, 4.69) is 0 Å². The van der Waals surface area contributed by atoms with Crippen molar-refractivity contribution in [1.82, 2.24) is 0 Å². The Morgan fingerprint density at radius 2 is 1.77 bits per heavy atom. The van der Waals surface area contributed by atoms with Crippen LogP contribution in [0, 0.1) is 0 Å². The van der Waals surface area contributed by atoms with E-state index in [-0.39, 0.29) is 17.1 Å².